The van der Waals surface area contributed by atoms with Crippen molar-refractivity contribution in [3.05, 3.63) is 0 Å². The second-order valence-corrected chi connectivity index (χ2v) is 3.06. The van der Waals surface area contributed by atoms with Gasteiger partial charge in [-0.15, -0.1) is 0 Å². The van der Waals surface area contributed by atoms with Crippen molar-refractivity contribution in [2.45, 2.75) is 19.4 Å². The van der Waals surface area contributed by atoms with E-state index in [1.165, 1.54) is 0 Å². The minimum absolute atomic E-state index is 0.166. The molecule has 0 aromatic heterocycles. The molecule has 1 rings (SSSR count). The summed E-state index contributed by atoms with van der Waals surface area (Å²) < 4.78 is 29.5. The lowest BCUT2D eigenvalue weighted by molar-refractivity contribution is 0.231. The van der Waals surface area contributed by atoms with E-state index >= 15 is 0 Å². The predicted molar refractivity (Wildman–Crippen MR) is 30.0 cm³/mol. The standard InChI is InChI=1S/C4H8O4S/c1-2-4-3-7-9(5,6)8-4/h4H,2-3H2,1H3. The summed E-state index contributed by atoms with van der Waals surface area (Å²) >= 11 is 0. The Morgan fingerprint density at radius 3 is 2.56 bits per heavy atom. The summed E-state index contributed by atoms with van der Waals surface area (Å²) in [6.07, 6.45) is 0.397. The van der Waals surface area contributed by atoms with Crippen molar-refractivity contribution >= 4 is 10.4 Å². The third-order valence-electron chi connectivity index (χ3n) is 1.11. The molecule has 1 heterocycles. The van der Waals surface area contributed by atoms with E-state index in [1.54, 1.807) is 0 Å². The van der Waals surface area contributed by atoms with Crippen molar-refractivity contribution in [3.63, 3.8) is 0 Å². The highest BCUT2D eigenvalue weighted by Gasteiger charge is 2.27. The van der Waals surface area contributed by atoms with Crippen LogP contribution in [0.3, 0.4) is 0 Å². The fourth-order valence-corrected chi connectivity index (χ4v) is 1.47. The van der Waals surface area contributed by atoms with Crippen molar-refractivity contribution in [3.8, 4) is 0 Å². The molecule has 0 bridgehead atoms. The average Bonchev–Trinajstić information content (AvgIpc) is 2.10. The Hall–Kier alpha value is -0.130. The highest BCUT2D eigenvalue weighted by molar-refractivity contribution is 7.82. The molecule has 0 saturated carbocycles. The molecule has 0 N–H and O–H groups in total. The zero-order valence-electron chi connectivity index (χ0n) is 5.03. The molecule has 0 aromatic rings. The highest BCUT2D eigenvalue weighted by Crippen LogP contribution is 2.14. The zero-order chi connectivity index (χ0) is 6.91. The molecular weight excluding hydrogens is 144 g/mol. The smallest absolute Gasteiger partial charge is 0.245 e. The van der Waals surface area contributed by atoms with Gasteiger partial charge < -0.3 is 0 Å². The molecule has 0 aromatic carbocycles. The van der Waals surface area contributed by atoms with Gasteiger partial charge in [0.2, 0.25) is 0 Å². The van der Waals surface area contributed by atoms with Gasteiger partial charge in [-0.2, -0.15) is 8.42 Å². The van der Waals surface area contributed by atoms with E-state index in [0.29, 0.717) is 6.42 Å². The third-order valence-corrected chi connectivity index (χ3v) is 2.04. The van der Waals surface area contributed by atoms with Gasteiger partial charge in [0.05, 0.1) is 6.61 Å². The van der Waals surface area contributed by atoms with Crippen LogP contribution in [0.5, 0.6) is 0 Å². The van der Waals surface area contributed by atoms with Crippen molar-refractivity contribution in [1.29, 1.82) is 0 Å². The van der Waals surface area contributed by atoms with E-state index in [2.05, 4.69) is 8.37 Å². The molecule has 54 valence electrons. The monoisotopic (exact) mass is 152 g/mol. The maximum atomic E-state index is 10.4. The molecule has 4 nitrogen and oxygen atoms in total. The maximum Gasteiger partial charge on any atom is 0.400 e. The predicted octanol–water partition coefficient (Wildman–Crippen LogP) is 0.0566. The Balaban J connectivity index is 2.58. The Morgan fingerprint density at radius 1 is 1.67 bits per heavy atom. The summed E-state index contributed by atoms with van der Waals surface area (Å²) in [4.78, 5) is 0. The fraction of sp³-hybridized carbons (Fsp3) is 1.00. The number of hydrogen-bond donors (Lipinski definition) is 0. The van der Waals surface area contributed by atoms with Gasteiger partial charge in [-0.1, -0.05) is 6.92 Å². The van der Waals surface area contributed by atoms with Crippen LogP contribution < -0.4 is 0 Å². The van der Waals surface area contributed by atoms with Crippen molar-refractivity contribution in [2.75, 3.05) is 6.61 Å². The highest BCUT2D eigenvalue weighted by atomic mass is 32.3. The van der Waals surface area contributed by atoms with Crippen LogP contribution in [0.25, 0.3) is 0 Å². The lowest BCUT2D eigenvalue weighted by atomic mass is 10.3. The topological polar surface area (TPSA) is 52.6 Å². The first-order valence-electron chi connectivity index (χ1n) is 2.71. The quantitative estimate of drug-likeness (QED) is 0.533. The molecule has 1 saturated heterocycles. The zero-order valence-corrected chi connectivity index (χ0v) is 5.85. The van der Waals surface area contributed by atoms with Gasteiger partial charge in [0.15, 0.2) is 0 Å². The number of rotatable bonds is 1. The molecule has 1 aliphatic rings. The number of hydrogen-bond acceptors (Lipinski definition) is 4. The van der Waals surface area contributed by atoms with Gasteiger partial charge in [0.25, 0.3) is 0 Å². The SMILES string of the molecule is CCC1COS(=O)(=O)O1. The van der Waals surface area contributed by atoms with Crippen LogP contribution in [0.15, 0.2) is 0 Å². The first kappa shape index (κ1) is 6.98. The van der Waals surface area contributed by atoms with Gasteiger partial charge >= 0.3 is 10.4 Å². The maximum absolute atomic E-state index is 10.4. The second-order valence-electron chi connectivity index (χ2n) is 1.82. The summed E-state index contributed by atoms with van der Waals surface area (Å²) in [6, 6.07) is 0. The van der Waals surface area contributed by atoms with E-state index in [1.807, 2.05) is 6.92 Å². The third kappa shape index (κ3) is 1.64. The van der Waals surface area contributed by atoms with Gasteiger partial charge in [-0.25, -0.2) is 8.37 Å². The van der Waals surface area contributed by atoms with Gasteiger partial charge in [-0.3, -0.25) is 0 Å². The fourth-order valence-electron chi connectivity index (χ4n) is 0.567. The van der Waals surface area contributed by atoms with E-state index in [0.717, 1.165) is 0 Å². The van der Waals surface area contributed by atoms with Crippen LogP contribution in [-0.4, -0.2) is 21.1 Å². The van der Waals surface area contributed by atoms with Gasteiger partial charge in [-0.05, 0) is 6.42 Å². The Bertz CT molecular complexity index is 183. The molecule has 9 heavy (non-hydrogen) atoms. The molecule has 1 fully saturated rings. The Kier molecular flexibility index (Phi) is 1.74. The summed E-state index contributed by atoms with van der Waals surface area (Å²) in [5.41, 5.74) is 0. The Labute approximate surface area is 54.1 Å². The molecule has 0 aliphatic carbocycles. The minimum Gasteiger partial charge on any atom is -0.245 e. The molecular formula is C4H8O4S. The molecule has 1 unspecified atom stereocenters. The summed E-state index contributed by atoms with van der Waals surface area (Å²) in [5.74, 6) is 0. The van der Waals surface area contributed by atoms with E-state index < -0.39 is 10.4 Å². The van der Waals surface area contributed by atoms with Crippen molar-refractivity contribution in [2.24, 2.45) is 0 Å². The van der Waals surface area contributed by atoms with E-state index in [9.17, 15) is 8.42 Å². The first-order valence-corrected chi connectivity index (χ1v) is 4.05. The first-order chi connectivity index (χ1) is 4.14. The van der Waals surface area contributed by atoms with Crippen LogP contribution in [-0.2, 0) is 18.8 Å². The largest absolute Gasteiger partial charge is 0.400 e. The molecule has 0 spiro atoms. The lowest BCUT2D eigenvalue weighted by Crippen LogP contribution is -2.07. The van der Waals surface area contributed by atoms with Gasteiger partial charge in [0.1, 0.15) is 6.10 Å². The molecule has 1 atom stereocenters. The van der Waals surface area contributed by atoms with Crippen LogP contribution in [0.2, 0.25) is 0 Å². The van der Waals surface area contributed by atoms with E-state index in [-0.39, 0.29) is 12.7 Å². The molecule has 1 aliphatic heterocycles. The normalized spacial score (nSPS) is 32.8. The molecule has 0 amide bonds. The van der Waals surface area contributed by atoms with Crippen molar-refractivity contribution < 1.29 is 16.8 Å². The molecule has 5 heteroatoms. The second kappa shape index (κ2) is 2.24. The minimum atomic E-state index is -3.61. The Morgan fingerprint density at radius 2 is 2.33 bits per heavy atom. The molecule has 0 radical (unpaired) electrons. The van der Waals surface area contributed by atoms with Crippen LogP contribution >= 0.6 is 0 Å². The van der Waals surface area contributed by atoms with Crippen LogP contribution in [0, 0.1) is 0 Å². The summed E-state index contributed by atoms with van der Waals surface area (Å²) in [5, 5.41) is 0. The van der Waals surface area contributed by atoms with E-state index in [4.69, 9.17) is 0 Å². The summed E-state index contributed by atoms with van der Waals surface area (Å²) in [6.45, 7) is 2.01. The summed E-state index contributed by atoms with van der Waals surface area (Å²) in [7, 11) is -3.61. The average molecular weight is 152 g/mol. The van der Waals surface area contributed by atoms with Crippen molar-refractivity contribution in [1.82, 2.24) is 0 Å². The van der Waals surface area contributed by atoms with Crippen LogP contribution in [0.4, 0.5) is 0 Å². The lowest BCUT2D eigenvalue weighted by Gasteiger charge is -1.96. The van der Waals surface area contributed by atoms with Crippen LogP contribution in [0.1, 0.15) is 13.3 Å². The van der Waals surface area contributed by atoms with Gasteiger partial charge in [0, 0.05) is 0 Å².